The van der Waals surface area contributed by atoms with E-state index in [-0.39, 0.29) is 5.91 Å². The van der Waals surface area contributed by atoms with Gasteiger partial charge in [-0.3, -0.25) is 10.1 Å². The van der Waals surface area contributed by atoms with Crippen molar-refractivity contribution in [1.82, 2.24) is 10.2 Å². The molecule has 1 aliphatic heterocycles. The normalized spacial score (nSPS) is 14.0. The number of likely N-dealkylation sites (tertiary alicyclic amines) is 1. The van der Waals surface area contributed by atoms with Crippen molar-refractivity contribution in [3.8, 4) is 5.75 Å². The number of carbonyl (C=O) groups excluding carboxylic acids is 1. The third-order valence-corrected chi connectivity index (χ3v) is 4.54. The number of hydrogen-bond donors (Lipinski definition) is 1. The van der Waals surface area contributed by atoms with Crippen LogP contribution in [0.1, 0.15) is 43.0 Å². The van der Waals surface area contributed by atoms with Crippen molar-refractivity contribution >= 4 is 39.2 Å². The average molecular weight is 385 g/mol. The van der Waals surface area contributed by atoms with Crippen molar-refractivity contribution in [2.24, 2.45) is 0 Å². The topological polar surface area (TPSA) is 41.6 Å². The van der Waals surface area contributed by atoms with Crippen molar-refractivity contribution in [2.45, 2.75) is 32.6 Å². The predicted molar refractivity (Wildman–Crippen MR) is 95.4 cm³/mol. The molecule has 22 heavy (non-hydrogen) atoms. The van der Waals surface area contributed by atoms with E-state index >= 15 is 0 Å². The Kier molecular flexibility index (Phi) is 6.64. The van der Waals surface area contributed by atoms with Gasteiger partial charge in [0.15, 0.2) is 5.11 Å². The van der Waals surface area contributed by atoms with Gasteiger partial charge in [0.05, 0.1) is 11.1 Å². The number of hydrogen-bond acceptors (Lipinski definition) is 3. The van der Waals surface area contributed by atoms with Crippen LogP contribution >= 0.6 is 28.1 Å². The lowest BCUT2D eigenvalue weighted by Gasteiger charge is -2.18. The van der Waals surface area contributed by atoms with Crippen molar-refractivity contribution in [1.29, 1.82) is 0 Å². The second-order valence-corrected chi connectivity index (χ2v) is 6.54. The highest BCUT2D eigenvalue weighted by Gasteiger charge is 2.17. The summed E-state index contributed by atoms with van der Waals surface area (Å²) in [5, 5.41) is 3.31. The van der Waals surface area contributed by atoms with Gasteiger partial charge >= 0.3 is 0 Å². The quantitative estimate of drug-likeness (QED) is 0.620. The third-order valence-electron chi connectivity index (χ3n) is 3.56. The molecule has 1 amide bonds. The van der Waals surface area contributed by atoms with Crippen LogP contribution in [0.15, 0.2) is 22.7 Å². The standard InChI is InChI=1S/C16H21BrN2O2S/c1-2-3-10-21-14-7-6-12(11-13(14)17)15(20)18-16(22)19-8-4-5-9-19/h6-7,11H,2-5,8-10H2,1H3,(H,18,20,22). The van der Waals surface area contributed by atoms with Crippen LogP contribution in [-0.2, 0) is 0 Å². The molecular weight excluding hydrogens is 364 g/mol. The van der Waals surface area contributed by atoms with Gasteiger partial charge in [-0.1, -0.05) is 13.3 Å². The first-order chi connectivity index (χ1) is 10.6. The number of nitrogens with one attached hydrogen (secondary N) is 1. The summed E-state index contributed by atoms with van der Waals surface area (Å²) in [7, 11) is 0. The summed E-state index contributed by atoms with van der Waals surface area (Å²) in [4.78, 5) is 14.3. The molecule has 1 aliphatic rings. The Hall–Kier alpha value is -1.14. The highest BCUT2D eigenvalue weighted by atomic mass is 79.9. The van der Waals surface area contributed by atoms with Crippen LogP contribution in [0, 0.1) is 0 Å². The molecule has 0 saturated carbocycles. The van der Waals surface area contributed by atoms with E-state index in [0.29, 0.717) is 17.3 Å². The minimum atomic E-state index is -0.183. The van der Waals surface area contributed by atoms with E-state index in [4.69, 9.17) is 17.0 Å². The zero-order chi connectivity index (χ0) is 15.9. The molecule has 0 atom stereocenters. The molecule has 1 saturated heterocycles. The van der Waals surface area contributed by atoms with Gasteiger partial charge in [-0.25, -0.2) is 0 Å². The SMILES string of the molecule is CCCCOc1ccc(C(=O)NC(=S)N2CCCC2)cc1Br. The van der Waals surface area contributed by atoms with Gasteiger partial charge in [-0.05, 0) is 65.6 Å². The number of carbonyl (C=O) groups is 1. The zero-order valence-corrected chi connectivity index (χ0v) is 15.1. The molecule has 0 radical (unpaired) electrons. The fourth-order valence-electron chi connectivity index (χ4n) is 2.25. The maximum atomic E-state index is 12.2. The number of amides is 1. The maximum Gasteiger partial charge on any atom is 0.257 e. The van der Waals surface area contributed by atoms with Gasteiger partial charge in [0.2, 0.25) is 0 Å². The lowest BCUT2D eigenvalue weighted by Crippen LogP contribution is -2.41. The molecule has 1 aromatic carbocycles. The van der Waals surface area contributed by atoms with Crippen LogP contribution in [0.5, 0.6) is 5.75 Å². The molecule has 120 valence electrons. The average Bonchev–Trinajstić information content (AvgIpc) is 3.03. The van der Waals surface area contributed by atoms with Crippen molar-refractivity contribution < 1.29 is 9.53 Å². The molecule has 0 aromatic heterocycles. The molecule has 1 heterocycles. The molecule has 0 spiro atoms. The highest BCUT2D eigenvalue weighted by Crippen LogP contribution is 2.26. The lowest BCUT2D eigenvalue weighted by molar-refractivity contribution is 0.0974. The first kappa shape index (κ1) is 17.2. The molecule has 0 bridgehead atoms. The summed E-state index contributed by atoms with van der Waals surface area (Å²) in [6.45, 7) is 4.65. The molecule has 1 aromatic rings. The van der Waals surface area contributed by atoms with Crippen LogP contribution in [0.4, 0.5) is 0 Å². The van der Waals surface area contributed by atoms with Crippen LogP contribution in [0.25, 0.3) is 0 Å². The molecule has 1 N–H and O–H groups in total. The van der Waals surface area contributed by atoms with Crippen LogP contribution in [-0.4, -0.2) is 35.6 Å². The van der Waals surface area contributed by atoms with Gasteiger partial charge in [0, 0.05) is 18.7 Å². The summed E-state index contributed by atoms with van der Waals surface area (Å²) >= 11 is 8.73. The van der Waals surface area contributed by atoms with E-state index in [9.17, 15) is 4.79 Å². The predicted octanol–water partition coefficient (Wildman–Crippen LogP) is 3.74. The minimum Gasteiger partial charge on any atom is -0.492 e. The van der Waals surface area contributed by atoms with Gasteiger partial charge < -0.3 is 9.64 Å². The van der Waals surface area contributed by atoms with Crippen LogP contribution in [0.3, 0.4) is 0 Å². The van der Waals surface area contributed by atoms with Gasteiger partial charge in [-0.2, -0.15) is 0 Å². The van der Waals surface area contributed by atoms with Gasteiger partial charge in [0.25, 0.3) is 5.91 Å². The van der Waals surface area contributed by atoms with E-state index in [1.807, 2.05) is 11.0 Å². The van der Waals surface area contributed by atoms with Crippen molar-refractivity contribution in [3.05, 3.63) is 28.2 Å². The number of ether oxygens (including phenoxy) is 1. The summed E-state index contributed by atoms with van der Waals surface area (Å²) in [6.07, 6.45) is 4.36. The molecule has 1 fully saturated rings. The van der Waals surface area contributed by atoms with E-state index in [0.717, 1.165) is 49.0 Å². The second-order valence-electron chi connectivity index (χ2n) is 5.30. The number of unbranched alkanes of at least 4 members (excludes halogenated alkanes) is 1. The minimum absolute atomic E-state index is 0.183. The van der Waals surface area contributed by atoms with E-state index in [2.05, 4.69) is 28.2 Å². The molecular formula is C16H21BrN2O2S. The van der Waals surface area contributed by atoms with Crippen LogP contribution < -0.4 is 10.1 Å². The molecule has 0 aliphatic carbocycles. The smallest absolute Gasteiger partial charge is 0.257 e. The van der Waals surface area contributed by atoms with Crippen LogP contribution in [0.2, 0.25) is 0 Å². The summed E-state index contributed by atoms with van der Waals surface area (Å²) in [6, 6.07) is 5.34. The summed E-state index contributed by atoms with van der Waals surface area (Å²) in [5.74, 6) is 0.574. The van der Waals surface area contributed by atoms with Crippen molar-refractivity contribution in [3.63, 3.8) is 0 Å². The molecule has 0 unspecified atom stereocenters. The Morgan fingerprint density at radius 1 is 1.41 bits per heavy atom. The maximum absolute atomic E-state index is 12.2. The number of rotatable bonds is 5. The Labute approximate surface area is 145 Å². The fourth-order valence-corrected chi connectivity index (χ4v) is 3.02. The largest absolute Gasteiger partial charge is 0.492 e. The Balaban J connectivity index is 1.94. The fraction of sp³-hybridized carbons (Fsp3) is 0.500. The van der Waals surface area contributed by atoms with E-state index in [1.54, 1.807) is 12.1 Å². The Bertz CT molecular complexity index is 545. The number of benzene rings is 1. The lowest BCUT2D eigenvalue weighted by atomic mass is 10.2. The second kappa shape index (κ2) is 8.48. The summed E-state index contributed by atoms with van der Waals surface area (Å²) < 4.78 is 6.44. The zero-order valence-electron chi connectivity index (χ0n) is 12.7. The number of thiocarbonyl (C=S) groups is 1. The number of nitrogens with zero attached hydrogens (tertiary/aromatic N) is 1. The first-order valence-corrected chi connectivity index (χ1v) is 8.84. The third kappa shape index (κ3) is 4.68. The molecule has 4 nitrogen and oxygen atoms in total. The summed E-state index contributed by atoms with van der Waals surface area (Å²) in [5.41, 5.74) is 0.566. The van der Waals surface area contributed by atoms with Gasteiger partial charge in [0.1, 0.15) is 5.75 Å². The monoisotopic (exact) mass is 384 g/mol. The first-order valence-electron chi connectivity index (χ1n) is 7.64. The molecule has 6 heteroatoms. The van der Waals surface area contributed by atoms with Gasteiger partial charge in [-0.15, -0.1) is 0 Å². The molecule has 2 rings (SSSR count). The van der Waals surface area contributed by atoms with E-state index in [1.165, 1.54) is 0 Å². The van der Waals surface area contributed by atoms with E-state index < -0.39 is 0 Å². The highest BCUT2D eigenvalue weighted by molar-refractivity contribution is 9.10. The van der Waals surface area contributed by atoms with Crippen molar-refractivity contribution in [2.75, 3.05) is 19.7 Å². The Morgan fingerprint density at radius 3 is 2.77 bits per heavy atom. The Morgan fingerprint density at radius 2 is 2.14 bits per heavy atom. The number of halogens is 1.